The zero-order valence-corrected chi connectivity index (χ0v) is 12.9. The maximum absolute atomic E-state index is 12.7. The van der Waals surface area contributed by atoms with E-state index >= 15 is 0 Å². The van der Waals surface area contributed by atoms with E-state index < -0.39 is 0 Å². The number of carbonyl (C=O) groups is 1. The molecule has 2 aliphatic rings. The summed E-state index contributed by atoms with van der Waals surface area (Å²) in [6.07, 6.45) is 7.45. The van der Waals surface area contributed by atoms with Gasteiger partial charge < -0.3 is 4.90 Å². The second-order valence-electron chi connectivity index (χ2n) is 5.70. The average molecular weight is 323 g/mol. The van der Waals surface area contributed by atoms with Crippen LogP contribution in [-0.4, -0.2) is 37.7 Å². The molecule has 2 unspecified atom stereocenters. The Hall–Kier alpha value is -1.40. The normalized spacial score (nSPS) is 28.0. The summed E-state index contributed by atoms with van der Waals surface area (Å²) in [6.45, 7) is 0. The quantitative estimate of drug-likeness (QED) is 0.854. The summed E-state index contributed by atoms with van der Waals surface area (Å²) in [5.74, 6) is 0.136. The number of thiophene rings is 1. The SMILES string of the molecule is O=C(c1ccc(Cl)s1)N1C2CCC1CC(n1cncn1)C2. The van der Waals surface area contributed by atoms with Crippen LogP contribution in [0.4, 0.5) is 0 Å². The van der Waals surface area contributed by atoms with Crippen molar-refractivity contribution in [3.05, 3.63) is 34.0 Å². The van der Waals surface area contributed by atoms with E-state index in [-0.39, 0.29) is 5.91 Å². The van der Waals surface area contributed by atoms with Crippen molar-refractivity contribution in [1.82, 2.24) is 19.7 Å². The summed E-state index contributed by atoms with van der Waals surface area (Å²) in [7, 11) is 0. The van der Waals surface area contributed by atoms with Crippen LogP contribution < -0.4 is 0 Å². The highest BCUT2D eigenvalue weighted by atomic mass is 35.5. The molecule has 0 N–H and O–H groups in total. The lowest BCUT2D eigenvalue weighted by Crippen LogP contribution is -2.46. The fraction of sp³-hybridized carbons (Fsp3) is 0.500. The monoisotopic (exact) mass is 322 g/mol. The molecule has 2 fully saturated rings. The van der Waals surface area contributed by atoms with Crippen LogP contribution in [0.25, 0.3) is 0 Å². The van der Waals surface area contributed by atoms with Gasteiger partial charge in [-0.25, -0.2) is 9.67 Å². The first-order valence-corrected chi connectivity index (χ1v) is 8.34. The maximum atomic E-state index is 12.7. The Kier molecular flexibility index (Phi) is 3.23. The van der Waals surface area contributed by atoms with Crippen LogP contribution >= 0.6 is 22.9 Å². The van der Waals surface area contributed by atoms with Gasteiger partial charge in [0.15, 0.2) is 0 Å². The number of piperidine rings is 1. The third-order valence-corrected chi connectivity index (χ3v) is 5.76. The molecule has 0 saturated carbocycles. The topological polar surface area (TPSA) is 51.0 Å². The smallest absolute Gasteiger partial charge is 0.264 e. The summed E-state index contributed by atoms with van der Waals surface area (Å²) >= 11 is 7.32. The Balaban J connectivity index is 1.55. The van der Waals surface area contributed by atoms with E-state index in [9.17, 15) is 4.79 Å². The third-order valence-electron chi connectivity index (χ3n) is 4.54. The summed E-state index contributed by atoms with van der Waals surface area (Å²) in [6, 6.07) is 4.61. The number of fused-ring (bicyclic) bond motifs is 2. The molecule has 110 valence electrons. The Morgan fingerprint density at radius 1 is 1.24 bits per heavy atom. The molecule has 0 aromatic carbocycles. The number of hydrogen-bond acceptors (Lipinski definition) is 4. The molecule has 1 amide bonds. The maximum Gasteiger partial charge on any atom is 0.264 e. The van der Waals surface area contributed by atoms with Gasteiger partial charge in [-0.3, -0.25) is 4.79 Å². The van der Waals surface area contributed by atoms with Gasteiger partial charge in [-0.15, -0.1) is 11.3 Å². The van der Waals surface area contributed by atoms with E-state index in [0.29, 0.717) is 22.5 Å². The highest BCUT2D eigenvalue weighted by Gasteiger charge is 2.44. The number of hydrogen-bond donors (Lipinski definition) is 0. The molecule has 2 aromatic rings. The van der Waals surface area contributed by atoms with Gasteiger partial charge in [0.05, 0.1) is 15.3 Å². The second-order valence-corrected chi connectivity index (χ2v) is 7.42. The number of halogens is 1. The first-order valence-electron chi connectivity index (χ1n) is 7.14. The van der Waals surface area contributed by atoms with E-state index in [4.69, 9.17) is 11.6 Å². The Morgan fingerprint density at radius 2 is 2.00 bits per heavy atom. The molecule has 21 heavy (non-hydrogen) atoms. The number of nitrogens with zero attached hydrogens (tertiary/aromatic N) is 4. The van der Waals surface area contributed by atoms with Crippen molar-refractivity contribution in [2.24, 2.45) is 0 Å². The first-order chi connectivity index (χ1) is 10.2. The molecular formula is C14H15ClN4OS. The molecule has 5 nitrogen and oxygen atoms in total. The van der Waals surface area contributed by atoms with Crippen LogP contribution in [0, 0.1) is 0 Å². The van der Waals surface area contributed by atoms with Crippen LogP contribution in [0.2, 0.25) is 4.34 Å². The Morgan fingerprint density at radius 3 is 2.57 bits per heavy atom. The zero-order chi connectivity index (χ0) is 14.4. The molecule has 0 spiro atoms. The highest BCUT2D eigenvalue weighted by Crippen LogP contribution is 2.41. The molecule has 7 heteroatoms. The zero-order valence-electron chi connectivity index (χ0n) is 11.4. The van der Waals surface area contributed by atoms with Gasteiger partial charge in [0.2, 0.25) is 0 Å². The van der Waals surface area contributed by atoms with Gasteiger partial charge in [-0.1, -0.05) is 11.6 Å². The molecule has 4 heterocycles. The summed E-state index contributed by atoms with van der Waals surface area (Å²) in [5.41, 5.74) is 0. The Labute approximate surface area is 131 Å². The lowest BCUT2D eigenvalue weighted by Gasteiger charge is -2.38. The number of carbonyl (C=O) groups excluding carboxylic acids is 1. The van der Waals surface area contributed by atoms with Crippen molar-refractivity contribution in [3.8, 4) is 0 Å². The van der Waals surface area contributed by atoms with E-state index in [1.165, 1.54) is 11.3 Å². The van der Waals surface area contributed by atoms with Crippen LogP contribution in [0.3, 0.4) is 0 Å². The summed E-state index contributed by atoms with van der Waals surface area (Å²) in [4.78, 5) is 19.6. The minimum absolute atomic E-state index is 0.136. The van der Waals surface area contributed by atoms with Crippen molar-refractivity contribution < 1.29 is 4.79 Å². The molecule has 2 bridgehead atoms. The summed E-state index contributed by atoms with van der Waals surface area (Å²) in [5, 5.41) is 4.25. The third kappa shape index (κ3) is 2.26. The van der Waals surface area contributed by atoms with E-state index in [1.54, 1.807) is 18.7 Å². The van der Waals surface area contributed by atoms with Crippen LogP contribution in [-0.2, 0) is 0 Å². The van der Waals surface area contributed by atoms with Gasteiger partial charge in [-0.2, -0.15) is 5.10 Å². The average Bonchev–Trinajstić information content (AvgIpc) is 3.18. The van der Waals surface area contributed by atoms with Crippen molar-refractivity contribution in [2.45, 2.75) is 43.8 Å². The molecule has 0 radical (unpaired) electrons. The minimum Gasteiger partial charge on any atom is -0.332 e. The molecule has 2 saturated heterocycles. The Bertz CT molecular complexity index is 642. The predicted molar refractivity (Wildman–Crippen MR) is 80.6 cm³/mol. The standard InChI is InChI=1S/C14H15ClN4OS/c15-13-4-3-12(21-13)14(20)19-9-1-2-10(19)6-11(5-9)18-8-16-7-17-18/h3-4,7-11H,1-2,5-6H2. The lowest BCUT2D eigenvalue weighted by atomic mass is 9.97. The predicted octanol–water partition coefficient (Wildman–Crippen LogP) is 3.00. The fourth-order valence-corrected chi connectivity index (χ4v) is 4.65. The van der Waals surface area contributed by atoms with Crippen LogP contribution in [0.5, 0.6) is 0 Å². The highest BCUT2D eigenvalue weighted by molar-refractivity contribution is 7.17. The molecule has 2 aromatic heterocycles. The van der Waals surface area contributed by atoms with Crippen LogP contribution in [0.15, 0.2) is 24.8 Å². The van der Waals surface area contributed by atoms with E-state index in [1.807, 2.05) is 10.7 Å². The van der Waals surface area contributed by atoms with Gasteiger partial charge in [0, 0.05) is 12.1 Å². The number of amides is 1. The second kappa shape index (κ2) is 5.10. The first kappa shape index (κ1) is 13.3. The molecular weight excluding hydrogens is 308 g/mol. The van der Waals surface area contributed by atoms with Crippen molar-refractivity contribution >= 4 is 28.8 Å². The van der Waals surface area contributed by atoms with Crippen molar-refractivity contribution in [1.29, 1.82) is 0 Å². The molecule has 2 atom stereocenters. The van der Waals surface area contributed by atoms with Gasteiger partial charge in [0.25, 0.3) is 5.91 Å². The lowest BCUT2D eigenvalue weighted by molar-refractivity contribution is 0.0529. The molecule has 2 aliphatic heterocycles. The van der Waals surface area contributed by atoms with Gasteiger partial charge in [-0.05, 0) is 37.8 Å². The van der Waals surface area contributed by atoms with Crippen LogP contribution in [0.1, 0.15) is 41.4 Å². The van der Waals surface area contributed by atoms with Gasteiger partial charge >= 0.3 is 0 Å². The van der Waals surface area contributed by atoms with E-state index in [2.05, 4.69) is 15.0 Å². The number of rotatable bonds is 2. The van der Waals surface area contributed by atoms with E-state index in [0.717, 1.165) is 30.6 Å². The van der Waals surface area contributed by atoms with Crippen molar-refractivity contribution in [3.63, 3.8) is 0 Å². The fourth-order valence-electron chi connectivity index (χ4n) is 3.66. The summed E-state index contributed by atoms with van der Waals surface area (Å²) < 4.78 is 2.61. The largest absolute Gasteiger partial charge is 0.332 e. The van der Waals surface area contributed by atoms with Gasteiger partial charge in [0.1, 0.15) is 12.7 Å². The van der Waals surface area contributed by atoms with Crippen molar-refractivity contribution in [2.75, 3.05) is 0 Å². The molecule has 0 aliphatic carbocycles. The molecule has 4 rings (SSSR count). The number of aromatic nitrogens is 3. The minimum atomic E-state index is 0.136.